The van der Waals surface area contributed by atoms with Gasteiger partial charge in [-0.1, -0.05) is 12.8 Å². The van der Waals surface area contributed by atoms with Crippen molar-refractivity contribution in [1.82, 2.24) is 9.88 Å². The van der Waals surface area contributed by atoms with Crippen LogP contribution in [-0.2, 0) is 0 Å². The molecule has 19 heavy (non-hydrogen) atoms. The van der Waals surface area contributed by atoms with Gasteiger partial charge >= 0.3 is 0 Å². The molecule has 1 aromatic heterocycles. The maximum absolute atomic E-state index is 11.7. The molecule has 0 bridgehead atoms. The lowest BCUT2D eigenvalue weighted by molar-refractivity contribution is 0.0827. The van der Waals surface area contributed by atoms with Gasteiger partial charge in [0.15, 0.2) is 0 Å². The third kappa shape index (κ3) is 5.70. The number of anilines is 1. The van der Waals surface area contributed by atoms with E-state index in [1.54, 1.807) is 26.4 Å². The summed E-state index contributed by atoms with van der Waals surface area (Å²) in [6.45, 7) is 1.13. The van der Waals surface area contributed by atoms with Gasteiger partial charge in [0.2, 0.25) is 0 Å². The van der Waals surface area contributed by atoms with Crippen molar-refractivity contribution in [2.24, 2.45) is 0 Å². The van der Waals surface area contributed by atoms with E-state index >= 15 is 0 Å². The minimum Gasteiger partial charge on any atom is -0.396 e. The zero-order valence-corrected chi connectivity index (χ0v) is 11.7. The van der Waals surface area contributed by atoms with E-state index in [-0.39, 0.29) is 12.5 Å². The first kappa shape index (κ1) is 15.4. The topological polar surface area (TPSA) is 65.5 Å². The second-order valence-electron chi connectivity index (χ2n) is 4.70. The molecule has 0 aliphatic rings. The van der Waals surface area contributed by atoms with Crippen molar-refractivity contribution in [2.45, 2.75) is 25.7 Å². The Balaban J connectivity index is 2.30. The minimum atomic E-state index is -0.0388. The van der Waals surface area contributed by atoms with E-state index in [0.717, 1.165) is 38.0 Å². The first-order valence-electron chi connectivity index (χ1n) is 6.67. The number of nitrogens with zero attached hydrogens (tertiary/aromatic N) is 2. The number of amides is 1. The number of unbranched alkanes of at least 4 members (excludes halogenated alkanes) is 3. The van der Waals surface area contributed by atoms with Gasteiger partial charge in [0.1, 0.15) is 5.82 Å². The summed E-state index contributed by atoms with van der Waals surface area (Å²) in [4.78, 5) is 17.4. The normalized spacial score (nSPS) is 10.3. The molecule has 0 radical (unpaired) electrons. The third-order valence-electron chi connectivity index (χ3n) is 2.81. The predicted molar refractivity (Wildman–Crippen MR) is 76.3 cm³/mol. The van der Waals surface area contributed by atoms with Crippen LogP contribution in [0.5, 0.6) is 0 Å². The monoisotopic (exact) mass is 265 g/mol. The quantitative estimate of drug-likeness (QED) is 0.703. The van der Waals surface area contributed by atoms with Gasteiger partial charge in [-0.25, -0.2) is 4.98 Å². The molecule has 0 atom stereocenters. The van der Waals surface area contributed by atoms with Crippen LogP contribution in [0.4, 0.5) is 5.82 Å². The molecule has 2 N–H and O–H groups in total. The average Bonchev–Trinajstić information content (AvgIpc) is 2.42. The summed E-state index contributed by atoms with van der Waals surface area (Å²) < 4.78 is 0. The molecule has 0 fully saturated rings. The van der Waals surface area contributed by atoms with E-state index in [2.05, 4.69) is 10.3 Å². The SMILES string of the molecule is CN(C)C(=O)c1ccc(NCCCCCCO)nc1. The van der Waals surface area contributed by atoms with Crippen LogP contribution in [0.15, 0.2) is 18.3 Å². The van der Waals surface area contributed by atoms with Crippen LogP contribution in [0, 0.1) is 0 Å². The van der Waals surface area contributed by atoms with Gasteiger partial charge < -0.3 is 15.3 Å². The Hall–Kier alpha value is -1.62. The molecule has 0 aliphatic carbocycles. The van der Waals surface area contributed by atoms with E-state index < -0.39 is 0 Å². The zero-order chi connectivity index (χ0) is 14.1. The number of aromatic nitrogens is 1. The molecule has 5 nitrogen and oxygen atoms in total. The van der Waals surface area contributed by atoms with E-state index in [1.807, 2.05) is 6.07 Å². The Bertz CT molecular complexity index is 377. The number of rotatable bonds is 8. The number of aliphatic hydroxyl groups is 1. The molecule has 1 amide bonds. The molecule has 1 aromatic rings. The van der Waals surface area contributed by atoms with Crippen LogP contribution < -0.4 is 5.32 Å². The first-order valence-corrected chi connectivity index (χ1v) is 6.67. The number of hydrogen-bond acceptors (Lipinski definition) is 4. The second-order valence-corrected chi connectivity index (χ2v) is 4.70. The lowest BCUT2D eigenvalue weighted by Crippen LogP contribution is -2.21. The lowest BCUT2D eigenvalue weighted by atomic mass is 10.2. The predicted octanol–water partition coefficient (Wildman–Crippen LogP) is 1.75. The highest BCUT2D eigenvalue weighted by atomic mass is 16.2. The van der Waals surface area contributed by atoms with E-state index in [1.165, 1.54) is 4.90 Å². The van der Waals surface area contributed by atoms with E-state index in [4.69, 9.17) is 5.11 Å². The van der Waals surface area contributed by atoms with Crippen LogP contribution >= 0.6 is 0 Å². The van der Waals surface area contributed by atoms with Gasteiger partial charge in [0, 0.05) is 33.4 Å². The summed E-state index contributed by atoms with van der Waals surface area (Å²) >= 11 is 0. The number of hydrogen-bond donors (Lipinski definition) is 2. The molecule has 0 unspecified atom stereocenters. The van der Waals surface area contributed by atoms with Gasteiger partial charge in [0.05, 0.1) is 5.56 Å². The Morgan fingerprint density at radius 2 is 2.00 bits per heavy atom. The van der Waals surface area contributed by atoms with Crippen molar-refractivity contribution in [3.63, 3.8) is 0 Å². The Kier molecular flexibility index (Phi) is 6.89. The zero-order valence-electron chi connectivity index (χ0n) is 11.7. The highest BCUT2D eigenvalue weighted by Gasteiger charge is 2.07. The number of pyridine rings is 1. The molecule has 106 valence electrons. The number of carbonyl (C=O) groups excluding carboxylic acids is 1. The summed E-state index contributed by atoms with van der Waals surface area (Å²) in [7, 11) is 3.45. The van der Waals surface area contributed by atoms with E-state index in [9.17, 15) is 4.79 Å². The Labute approximate surface area is 114 Å². The Morgan fingerprint density at radius 1 is 1.26 bits per heavy atom. The smallest absolute Gasteiger partial charge is 0.254 e. The summed E-state index contributed by atoms with van der Waals surface area (Å²) in [6.07, 6.45) is 5.68. The number of carbonyl (C=O) groups is 1. The average molecular weight is 265 g/mol. The maximum Gasteiger partial charge on any atom is 0.254 e. The largest absolute Gasteiger partial charge is 0.396 e. The summed E-state index contributed by atoms with van der Waals surface area (Å²) in [5.41, 5.74) is 0.596. The van der Waals surface area contributed by atoms with Crippen molar-refractivity contribution < 1.29 is 9.90 Å². The van der Waals surface area contributed by atoms with Gasteiger partial charge in [0.25, 0.3) is 5.91 Å². The van der Waals surface area contributed by atoms with Crippen LogP contribution in [0.3, 0.4) is 0 Å². The molecule has 0 aliphatic heterocycles. The number of nitrogens with one attached hydrogen (secondary N) is 1. The molecule has 0 saturated heterocycles. The van der Waals surface area contributed by atoms with E-state index in [0.29, 0.717) is 5.56 Å². The standard InChI is InChI=1S/C14H23N3O2/c1-17(2)14(19)12-7-8-13(16-11-12)15-9-5-3-4-6-10-18/h7-8,11,18H,3-6,9-10H2,1-2H3,(H,15,16). The fourth-order valence-electron chi connectivity index (χ4n) is 1.69. The highest BCUT2D eigenvalue weighted by molar-refractivity contribution is 5.93. The van der Waals surface area contributed by atoms with Crippen molar-refractivity contribution in [3.05, 3.63) is 23.9 Å². The van der Waals surface area contributed by atoms with Crippen molar-refractivity contribution in [3.8, 4) is 0 Å². The first-order chi connectivity index (χ1) is 9.15. The molecule has 0 saturated carbocycles. The van der Waals surface area contributed by atoms with Gasteiger partial charge in [-0.15, -0.1) is 0 Å². The molecular formula is C14H23N3O2. The Morgan fingerprint density at radius 3 is 2.58 bits per heavy atom. The maximum atomic E-state index is 11.7. The molecular weight excluding hydrogens is 242 g/mol. The van der Waals surface area contributed by atoms with Crippen LogP contribution in [0.1, 0.15) is 36.0 Å². The van der Waals surface area contributed by atoms with Crippen molar-refractivity contribution in [2.75, 3.05) is 32.6 Å². The second kappa shape index (κ2) is 8.48. The van der Waals surface area contributed by atoms with Crippen molar-refractivity contribution >= 4 is 11.7 Å². The third-order valence-corrected chi connectivity index (χ3v) is 2.81. The van der Waals surface area contributed by atoms with Gasteiger partial charge in [-0.2, -0.15) is 0 Å². The summed E-state index contributed by atoms with van der Waals surface area (Å²) in [5.74, 6) is 0.750. The van der Waals surface area contributed by atoms with Gasteiger partial charge in [-0.3, -0.25) is 4.79 Å². The summed E-state index contributed by atoms with van der Waals surface area (Å²) in [5, 5.41) is 11.9. The van der Waals surface area contributed by atoms with Crippen molar-refractivity contribution in [1.29, 1.82) is 0 Å². The summed E-state index contributed by atoms with van der Waals surface area (Å²) in [6, 6.07) is 3.61. The number of aliphatic hydroxyl groups excluding tert-OH is 1. The highest BCUT2D eigenvalue weighted by Crippen LogP contribution is 2.07. The molecule has 5 heteroatoms. The fraction of sp³-hybridized carbons (Fsp3) is 0.571. The fourth-order valence-corrected chi connectivity index (χ4v) is 1.69. The van der Waals surface area contributed by atoms with Crippen LogP contribution in [0.25, 0.3) is 0 Å². The lowest BCUT2D eigenvalue weighted by Gasteiger charge is -2.10. The molecule has 0 spiro atoms. The van der Waals surface area contributed by atoms with Crippen LogP contribution in [0.2, 0.25) is 0 Å². The molecule has 0 aromatic carbocycles. The van der Waals surface area contributed by atoms with Crippen LogP contribution in [-0.4, -0.2) is 48.1 Å². The molecule has 1 heterocycles. The molecule has 1 rings (SSSR count). The van der Waals surface area contributed by atoms with Gasteiger partial charge in [-0.05, 0) is 25.0 Å². The minimum absolute atomic E-state index is 0.0388.